The second-order valence-corrected chi connectivity index (χ2v) is 7.61. The number of halogens is 2. The number of nitrogens with two attached hydrogens (primary N) is 1. The molecule has 1 aliphatic rings. The Morgan fingerprint density at radius 1 is 1.44 bits per heavy atom. The summed E-state index contributed by atoms with van der Waals surface area (Å²) >= 11 is 8.89. The fourth-order valence-electron chi connectivity index (χ4n) is 2.30. The minimum atomic E-state index is 0.255. The smallest absolute Gasteiger partial charge is 0.0843 e. The van der Waals surface area contributed by atoms with E-state index in [-0.39, 0.29) is 6.04 Å². The number of nitrogens with zero attached hydrogens (tertiary/aromatic N) is 1. The molecule has 0 bridgehead atoms. The van der Waals surface area contributed by atoms with Crippen LogP contribution < -0.4 is 5.73 Å². The van der Waals surface area contributed by atoms with Crippen molar-refractivity contribution in [3.8, 4) is 0 Å². The van der Waals surface area contributed by atoms with Crippen LogP contribution in [0.3, 0.4) is 0 Å². The highest BCUT2D eigenvalue weighted by molar-refractivity contribution is 9.13. The molecule has 1 aromatic heterocycles. The van der Waals surface area contributed by atoms with Crippen molar-refractivity contribution in [3.05, 3.63) is 19.2 Å². The molecule has 90 valence electrons. The van der Waals surface area contributed by atoms with Crippen molar-refractivity contribution in [2.24, 2.45) is 5.73 Å². The molecule has 1 aliphatic heterocycles. The lowest BCUT2D eigenvalue weighted by Gasteiger charge is -2.29. The summed E-state index contributed by atoms with van der Waals surface area (Å²) < 4.78 is 2.30. The Labute approximate surface area is 117 Å². The lowest BCUT2D eigenvalue weighted by atomic mass is 10.0. The molecule has 1 aromatic rings. The van der Waals surface area contributed by atoms with E-state index >= 15 is 0 Å². The van der Waals surface area contributed by atoms with Crippen molar-refractivity contribution < 1.29 is 0 Å². The van der Waals surface area contributed by atoms with Gasteiger partial charge in [-0.1, -0.05) is 6.42 Å². The molecule has 2 nitrogen and oxygen atoms in total. The molecule has 2 rings (SSSR count). The molecule has 2 unspecified atom stereocenters. The first-order chi connectivity index (χ1) is 7.59. The van der Waals surface area contributed by atoms with Gasteiger partial charge in [0.15, 0.2) is 0 Å². The first kappa shape index (κ1) is 13.0. The van der Waals surface area contributed by atoms with Crippen molar-refractivity contribution in [2.45, 2.75) is 31.3 Å². The fourth-order valence-corrected chi connectivity index (χ4v) is 4.63. The predicted octanol–water partition coefficient (Wildman–Crippen LogP) is 3.76. The maximum Gasteiger partial charge on any atom is 0.0843 e. The number of hydrogen-bond donors (Lipinski definition) is 1. The Morgan fingerprint density at radius 2 is 2.19 bits per heavy atom. The average molecular weight is 368 g/mol. The van der Waals surface area contributed by atoms with Crippen LogP contribution in [-0.2, 0) is 0 Å². The zero-order valence-corrected chi connectivity index (χ0v) is 13.2. The van der Waals surface area contributed by atoms with E-state index in [1.807, 2.05) is 0 Å². The van der Waals surface area contributed by atoms with Crippen molar-refractivity contribution >= 4 is 43.2 Å². The predicted molar refractivity (Wildman–Crippen MR) is 76.9 cm³/mol. The lowest BCUT2D eigenvalue weighted by molar-refractivity contribution is 0.233. The summed E-state index contributed by atoms with van der Waals surface area (Å²) in [6.45, 7) is 1.14. The van der Waals surface area contributed by atoms with Gasteiger partial charge in [0.25, 0.3) is 0 Å². The molecule has 0 amide bonds. The topological polar surface area (TPSA) is 29.3 Å². The first-order valence-corrected chi connectivity index (χ1v) is 7.90. The summed E-state index contributed by atoms with van der Waals surface area (Å²) in [5, 5.41) is 0. The Kier molecular flexibility index (Phi) is 4.46. The number of likely N-dealkylation sites (N-methyl/N-ethyl adjacent to an activating group) is 1. The largest absolute Gasteiger partial charge is 0.326 e. The molecule has 0 saturated carbocycles. The first-order valence-electron chi connectivity index (χ1n) is 5.50. The van der Waals surface area contributed by atoms with E-state index in [4.69, 9.17) is 5.73 Å². The van der Waals surface area contributed by atoms with Gasteiger partial charge in [0.05, 0.1) is 9.83 Å². The van der Waals surface area contributed by atoms with Gasteiger partial charge in [-0.3, -0.25) is 4.90 Å². The average Bonchev–Trinajstić information content (AvgIpc) is 2.45. The lowest BCUT2D eigenvalue weighted by Crippen LogP contribution is -2.37. The summed E-state index contributed by atoms with van der Waals surface area (Å²) in [7, 11) is 2.18. The van der Waals surface area contributed by atoms with Gasteiger partial charge < -0.3 is 5.73 Å². The van der Waals surface area contributed by atoms with E-state index in [0.29, 0.717) is 6.04 Å². The Bertz CT molecular complexity index is 335. The second kappa shape index (κ2) is 5.48. The molecule has 2 heterocycles. The Morgan fingerprint density at radius 3 is 2.81 bits per heavy atom. The van der Waals surface area contributed by atoms with Crippen LogP contribution in [0.1, 0.15) is 30.2 Å². The third-order valence-corrected chi connectivity index (χ3v) is 6.46. The zero-order chi connectivity index (χ0) is 11.7. The van der Waals surface area contributed by atoms with Gasteiger partial charge >= 0.3 is 0 Å². The summed E-state index contributed by atoms with van der Waals surface area (Å²) in [5.41, 5.74) is 6.30. The highest BCUT2D eigenvalue weighted by atomic mass is 79.9. The van der Waals surface area contributed by atoms with Gasteiger partial charge in [-0.25, -0.2) is 0 Å². The normalized spacial score (nSPS) is 28.0. The van der Waals surface area contributed by atoms with Crippen LogP contribution in [0.5, 0.6) is 0 Å². The summed E-state index contributed by atoms with van der Waals surface area (Å²) in [4.78, 5) is 3.75. The molecule has 2 atom stereocenters. The maximum atomic E-state index is 6.30. The van der Waals surface area contributed by atoms with Crippen LogP contribution in [0.2, 0.25) is 0 Å². The van der Waals surface area contributed by atoms with Crippen molar-refractivity contribution in [3.63, 3.8) is 0 Å². The van der Waals surface area contributed by atoms with Crippen LogP contribution >= 0.6 is 43.2 Å². The Hall–Kier alpha value is 0.580. The van der Waals surface area contributed by atoms with E-state index in [9.17, 15) is 0 Å². The van der Waals surface area contributed by atoms with Crippen LogP contribution in [0.25, 0.3) is 0 Å². The number of hydrogen-bond acceptors (Lipinski definition) is 3. The molecular formula is C11H16Br2N2S. The molecule has 2 N–H and O–H groups in total. The van der Waals surface area contributed by atoms with Crippen LogP contribution in [0.4, 0.5) is 0 Å². The van der Waals surface area contributed by atoms with Gasteiger partial charge in [-0.15, -0.1) is 11.3 Å². The third kappa shape index (κ3) is 2.70. The van der Waals surface area contributed by atoms with Crippen molar-refractivity contribution in [1.29, 1.82) is 0 Å². The highest BCUT2D eigenvalue weighted by Crippen LogP contribution is 2.39. The van der Waals surface area contributed by atoms with Gasteiger partial charge in [-0.05, 0) is 64.4 Å². The molecular weight excluding hydrogens is 352 g/mol. The highest BCUT2D eigenvalue weighted by Gasteiger charge is 2.28. The number of likely N-dealkylation sites (tertiary alicyclic amines) is 1. The quantitative estimate of drug-likeness (QED) is 0.818. The fraction of sp³-hybridized carbons (Fsp3) is 0.636. The molecule has 1 fully saturated rings. The third-order valence-electron chi connectivity index (χ3n) is 3.13. The number of thiophene rings is 1. The van der Waals surface area contributed by atoms with E-state index in [2.05, 4.69) is 49.9 Å². The SMILES string of the molecule is CN1CCCCC(N)C1c1cc(Br)c(Br)s1. The molecule has 0 spiro atoms. The van der Waals surface area contributed by atoms with E-state index in [0.717, 1.165) is 21.2 Å². The molecule has 1 saturated heterocycles. The molecule has 5 heteroatoms. The van der Waals surface area contributed by atoms with Gasteiger partial charge in [0.1, 0.15) is 0 Å². The van der Waals surface area contributed by atoms with E-state index in [1.165, 1.54) is 17.7 Å². The van der Waals surface area contributed by atoms with Gasteiger partial charge in [0, 0.05) is 15.4 Å². The number of rotatable bonds is 1. The Balaban J connectivity index is 2.28. The molecule has 0 aromatic carbocycles. The van der Waals surface area contributed by atoms with Crippen LogP contribution in [0, 0.1) is 0 Å². The van der Waals surface area contributed by atoms with Crippen LogP contribution in [-0.4, -0.2) is 24.5 Å². The maximum absolute atomic E-state index is 6.30. The minimum Gasteiger partial charge on any atom is -0.326 e. The van der Waals surface area contributed by atoms with Gasteiger partial charge in [0.2, 0.25) is 0 Å². The molecule has 0 radical (unpaired) electrons. The second-order valence-electron chi connectivity index (χ2n) is 4.36. The summed E-state index contributed by atoms with van der Waals surface area (Å²) in [6, 6.07) is 2.82. The molecule has 16 heavy (non-hydrogen) atoms. The van der Waals surface area contributed by atoms with E-state index in [1.54, 1.807) is 11.3 Å². The summed E-state index contributed by atoms with van der Waals surface area (Å²) in [5.74, 6) is 0. The van der Waals surface area contributed by atoms with Crippen molar-refractivity contribution in [1.82, 2.24) is 4.90 Å². The van der Waals surface area contributed by atoms with Gasteiger partial charge in [-0.2, -0.15) is 0 Å². The van der Waals surface area contributed by atoms with Crippen LogP contribution in [0.15, 0.2) is 14.3 Å². The standard InChI is InChI=1S/C11H16Br2N2S/c1-15-5-3-2-4-8(14)10(15)9-6-7(12)11(13)16-9/h6,8,10H,2-5,14H2,1H3. The van der Waals surface area contributed by atoms with E-state index < -0.39 is 0 Å². The van der Waals surface area contributed by atoms with Crippen molar-refractivity contribution in [2.75, 3.05) is 13.6 Å². The summed E-state index contributed by atoms with van der Waals surface area (Å²) in [6.07, 6.45) is 3.63. The zero-order valence-electron chi connectivity index (χ0n) is 9.25. The molecule has 0 aliphatic carbocycles. The monoisotopic (exact) mass is 366 g/mol. The minimum absolute atomic E-state index is 0.255.